The van der Waals surface area contributed by atoms with Crippen LogP contribution in [0.15, 0.2) is 47.8 Å². The van der Waals surface area contributed by atoms with Crippen molar-refractivity contribution in [2.45, 2.75) is 211 Å². The summed E-state index contributed by atoms with van der Waals surface area (Å²) in [6.45, 7) is 4.51. The van der Waals surface area contributed by atoms with Gasteiger partial charge in [-0.3, -0.25) is 0 Å². The fourth-order valence-electron chi connectivity index (χ4n) is 6.42. The predicted octanol–water partition coefficient (Wildman–Crippen LogP) is 10.7. The van der Waals surface area contributed by atoms with Crippen molar-refractivity contribution in [3.8, 4) is 0 Å². The molecule has 0 N–H and O–H groups in total. The van der Waals surface area contributed by atoms with Gasteiger partial charge in [-0.05, 0) is 56.0 Å². The van der Waals surface area contributed by atoms with Crippen molar-refractivity contribution in [3.63, 3.8) is 0 Å². The fraction of sp³-hybridized carbons (Fsp3) is 0.727. The van der Waals surface area contributed by atoms with Gasteiger partial charge in [0.2, 0.25) is 0 Å². The van der Waals surface area contributed by atoms with Crippen molar-refractivity contribution in [2.75, 3.05) is 0 Å². The zero-order valence-electron chi connectivity index (χ0n) is 34.0. The molecule has 7 nitrogen and oxygen atoms in total. The Balaban J connectivity index is 0.0000270. The number of allylic oxidation sites excluding steroid dienone is 2. The third-order valence-electron chi connectivity index (χ3n) is 9.71. The van der Waals surface area contributed by atoms with Crippen LogP contribution in [-0.4, -0.2) is 24.9 Å². The molecule has 0 saturated heterocycles. The number of carbonyl (C=O) groups excluding carboxylic acids is 2. The maximum atomic E-state index is 12.8. The van der Waals surface area contributed by atoms with E-state index in [-0.39, 0.29) is 62.5 Å². The maximum Gasteiger partial charge on any atom is 1.00 e. The summed E-state index contributed by atoms with van der Waals surface area (Å²) >= 11 is 0. The van der Waals surface area contributed by atoms with Crippen LogP contribution in [0.2, 0.25) is 0 Å². The molecule has 0 aliphatic heterocycles. The van der Waals surface area contributed by atoms with Crippen molar-refractivity contribution in [1.29, 1.82) is 0 Å². The Kier molecular flexibility index (Phi) is 36.2. The minimum absolute atomic E-state index is 0. The summed E-state index contributed by atoms with van der Waals surface area (Å²) in [6, 6.07) is 2.99. The molecule has 298 valence electrons. The summed E-state index contributed by atoms with van der Waals surface area (Å²) in [5.74, 6) is -1.76. The number of unbranched alkanes of at least 4 members (excludes halogenated alkanes) is 28. The number of hydrogen-bond acceptors (Lipinski definition) is 7. The summed E-state index contributed by atoms with van der Waals surface area (Å²) in [6.07, 6.45) is 43.6. The molecule has 0 spiro atoms. The third-order valence-corrected chi connectivity index (χ3v) is 10.5. The molecule has 0 saturated carbocycles. The number of hydrogen-bond donors (Lipinski definition) is 0. The molecule has 9 heteroatoms. The number of rotatable bonds is 35. The Morgan fingerprint density at radius 3 is 1.13 bits per heavy atom. The molecule has 0 fully saturated rings. The molecule has 1 rings (SSSR count). The zero-order valence-corrected chi connectivity index (χ0v) is 38.0. The molecule has 0 heterocycles. The second-order valence-corrected chi connectivity index (χ2v) is 15.9. The summed E-state index contributed by atoms with van der Waals surface area (Å²) in [7, 11) is -4.84. The molecule has 0 bridgehead atoms. The van der Waals surface area contributed by atoms with Crippen LogP contribution < -0.4 is 51.4 Å². The van der Waals surface area contributed by atoms with E-state index in [4.69, 9.17) is 9.47 Å². The molecule has 0 aliphatic carbocycles. The van der Waals surface area contributed by atoms with Gasteiger partial charge in [0, 0.05) is 0 Å². The van der Waals surface area contributed by atoms with Gasteiger partial charge in [-0.15, -0.1) is 0 Å². The molecule has 0 amide bonds. The normalized spacial score (nSPS) is 11.7. The van der Waals surface area contributed by atoms with E-state index in [9.17, 15) is 22.6 Å². The van der Waals surface area contributed by atoms with Crippen molar-refractivity contribution < 1.29 is 83.4 Å². The van der Waals surface area contributed by atoms with Crippen molar-refractivity contribution in [3.05, 3.63) is 54.0 Å². The molecular formula is C44H73KO7S. The van der Waals surface area contributed by atoms with Crippen molar-refractivity contribution >= 4 is 22.1 Å². The predicted molar refractivity (Wildman–Crippen MR) is 213 cm³/mol. The van der Waals surface area contributed by atoms with Crippen LogP contribution >= 0.6 is 0 Å². The van der Waals surface area contributed by atoms with Crippen LogP contribution in [0.4, 0.5) is 0 Å². The third kappa shape index (κ3) is 30.1. The average Bonchev–Trinajstić information content (AvgIpc) is 3.13. The molecule has 1 aromatic rings. The van der Waals surface area contributed by atoms with Gasteiger partial charge < -0.3 is 14.0 Å². The van der Waals surface area contributed by atoms with Crippen molar-refractivity contribution in [2.24, 2.45) is 0 Å². The van der Waals surface area contributed by atoms with Gasteiger partial charge in [-0.1, -0.05) is 181 Å². The first-order valence-corrected chi connectivity index (χ1v) is 22.5. The van der Waals surface area contributed by atoms with Gasteiger partial charge in [0.1, 0.15) is 10.1 Å². The van der Waals surface area contributed by atoms with Gasteiger partial charge in [0.25, 0.3) is 0 Å². The van der Waals surface area contributed by atoms with Crippen LogP contribution in [-0.2, 0) is 19.6 Å². The second kappa shape index (κ2) is 36.8. The molecule has 0 aromatic heterocycles. The van der Waals surface area contributed by atoms with Gasteiger partial charge in [-0.25, -0.2) is 18.0 Å². The first-order valence-electron chi connectivity index (χ1n) is 21.1. The van der Waals surface area contributed by atoms with Crippen LogP contribution in [0.5, 0.6) is 0 Å². The van der Waals surface area contributed by atoms with E-state index in [2.05, 4.69) is 13.8 Å². The summed E-state index contributed by atoms with van der Waals surface area (Å²) < 4.78 is 45.3. The first-order chi connectivity index (χ1) is 25.3. The minimum atomic E-state index is -4.84. The molecule has 0 radical (unpaired) electrons. The smallest absolute Gasteiger partial charge is 0.744 e. The Labute approximate surface area is 367 Å². The largest absolute Gasteiger partial charge is 1.00 e. The minimum Gasteiger partial charge on any atom is -0.744 e. The van der Waals surface area contributed by atoms with E-state index in [0.29, 0.717) is 0 Å². The van der Waals surface area contributed by atoms with E-state index in [1.807, 2.05) is 0 Å². The molecule has 0 aliphatic rings. The number of esters is 2. The van der Waals surface area contributed by atoms with Crippen LogP contribution in [0.3, 0.4) is 0 Å². The molecule has 0 atom stereocenters. The average molecular weight is 785 g/mol. The first kappa shape index (κ1) is 52.2. The van der Waals surface area contributed by atoms with Gasteiger partial charge in [0.15, 0.2) is 0 Å². The fourth-order valence-corrected chi connectivity index (χ4v) is 6.92. The van der Waals surface area contributed by atoms with Crippen LogP contribution in [0, 0.1) is 0 Å². The Morgan fingerprint density at radius 2 is 0.811 bits per heavy atom. The Hall–Kier alpha value is -0.814. The second-order valence-electron chi connectivity index (χ2n) is 14.5. The van der Waals surface area contributed by atoms with E-state index < -0.39 is 27.0 Å². The maximum absolute atomic E-state index is 12.8. The standard InChI is InChI=1S/C44H74O7S.K/c1-3-5-7-9-11-13-15-17-19-21-23-25-27-29-31-33-37-50-43(45)41-36-35-40(52(47,48)49)39-42(41)44(46)51-38-34-32-30-28-26-24-22-20-18-16-14-12-10-8-6-4-2;/h33-39H,3-32H2,1-2H3,(H,47,48,49);/q;+1/p-1/b37-33+,38-34+;. The van der Waals surface area contributed by atoms with Gasteiger partial charge in [-0.2, -0.15) is 0 Å². The number of benzene rings is 1. The van der Waals surface area contributed by atoms with Crippen LogP contribution in [0.25, 0.3) is 0 Å². The van der Waals surface area contributed by atoms with Gasteiger partial charge in [0.05, 0.1) is 28.5 Å². The van der Waals surface area contributed by atoms with Gasteiger partial charge >= 0.3 is 63.3 Å². The quantitative estimate of drug-likeness (QED) is 0.0222. The van der Waals surface area contributed by atoms with Crippen LogP contribution in [0.1, 0.15) is 227 Å². The van der Waals surface area contributed by atoms with Crippen molar-refractivity contribution in [1.82, 2.24) is 0 Å². The topological polar surface area (TPSA) is 110 Å². The van der Waals surface area contributed by atoms with E-state index in [1.54, 1.807) is 12.2 Å². The molecule has 0 unspecified atom stereocenters. The van der Waals surface area contributed by atoms with E-state index in [1.165, 1.54) is 167 Å². The summed E-state index contributed by atoms with van der Waals surface area (Å²) in [4.78, 5) is 25.0. The molecule has 1 aromatic carbocycles. The number of ether oxygens (including phenoxy) is 2. The SMILES string of the molecule is CCCCCCCCCCCCCCCC/C=C/OC(=O)c1ccc(S(=O)(=O)[O-])cc1C(=O)O/C=C/CCCCCCCCCCCCCCCC.[K+]. The Morgan fingerprint density at radius 1 is 0.509 bits per heavy atom. The summed E-state index contributed by atoms with van der Waals surface area (Å²) in [5, 5.41) is 0. The monoisotopic (exact) mass is 784 g/mol. The molecular weight excluding hydrogens is 712 g/mol. The molecule has 53 heavy (non-hydrogen) atoms. The number of carbonyl (C=O) groups is 2. The Bertz CT molecular complexity index is 1210. The summed E-state index contributed by atoms with van der Waals surface area (Å²) in [5.41, 5.74) is -0.498. The van der Waals surface area contributed by atoms with E-state index >= 15 is 0 Å². The van der Waals surface area contributed by atoms with E-state index in [0.717, 1.165) is 56.7 Å². The zero-order chi connectivity index (χ0) is 38.0.